The van der Waals surface area contributed by atoms with Crippen molar-refractivity contribution in [3.05, 3.63) is 46.7 Å². The van der Waals surface area contributed by atoms with E-state index < -0.39 is 5.97 Å². The predicted molar refractivity (Wildman–Crippen MR) is 76.3 cm³/mol. The molecule has 20 heavy (non-hydrogen) atoms. The van der Waals surface area contributed by atoms with E-state index in [1.165, 1.54) is 17.1 Å². The minimum atomic E-state index is -0.985. The smallest absolute Gasteiger partial charge is 0.325 e. The molecule has 0 radical (unpaired) electrons. The molecular formula is C13H12BrN3O3. The number of halogens is 1. The molecule has 7 heteroatoms. The number of rotatable bonds is 5. The summed E-state index contributed by atoms with van der Waals surface area (Å²) in [6.45, 7) is -0.234. The summed E-state index contributed by atoms with van der Waals surface area (Å²) in [4.78, 5) is 22.3. The van der Waals surface area contributed by atoms with Crippen LogP contribution in [0.1, 0.15) is 5.56 Å². The van der Waals surface area contributed by atoms with Gasteiger partial charge >= 0.3 is 5.97 Å². The Hall–Kier alpha value is -2.15. The number of carboxylic acid groups (broad SMARTS) is 1. The lowest BCUT2D eigenvalue weighted by atomic mass is 10.1. The van der Waals surface area contributed by atoms with E-state index in [2.05, 4.69) is 26.3 Å². The third kappa shape index (κ3) is 4.20. The van der Waals surface area contributed by atoms with E-state index in [4.69, 9.17) is 5.11 Å². The van der Waals surface area contributed by atoms with Gasteiger partial charge in [-0.15, -0.1) is 0 Å². The van der Waals surface area contributed by atoms with Crippen molar-refractivity contribution in [2.75, 3.05) is 5.32 Å². The molecule has 0 aliphatic heterocycles. The van der Waals surface area contributed by atoms with Gasteiger partial charge in [0.15, 0.2) is 0 Å². The molecule has 0 fully saturated rings. The van der Waals surface area contributed by atoms with Gasteiger partial charge < -0.3 is 10.4 Å². The lowest BCUT2D eigenvalue weighted by Gasteiger charge is -2.02. The van der Waals surface area contributed by atoms with Gasteiger partial charge in [-0.1, -0.05) is 28.1 Å². The number of nitrogens with one attached hydrogen (secondary N) is 1. The molecular weight excluding hydrogens is 326 g/mol. The Balaban J connectivity index is 1.92. The Labute approximate surface area is 123 Å². The molecule has 2 rings (SSSR count). The van der Waals surface area contributed by atoms with E-state index >= 15 is 0 Å². The molecule has 0 spiro atoms. The zero-order chi connectivity index (χ0) is 14.5. The number of hydrogen-bond donors (Lipinski definition) is 2. The number of carbonyl (C=O) groups is 2. The molecule has 104 valence electrons. The first-order chi connectivity index (χ1) is 9.52. The fourth-order valence-electron chi connectivity index (χ4n) is 1.65. The van der Waals surface area contributed by atoms with Crippen LogP contribution in [0.3, 0.4) is 0 Å². The van der Waals surface area contributed by atoms with Crippen molar-refractivity contribution >= 4 is 33.5 Å². The van der Waals surface area contributed by atoms with Crippen LogP contribution in [0, 0.1) is 0 Å². The molecule has 0 aliphatic carbocycles. The summed E-state index contributed by atoms with van der Waals surface area (Å²) < 4.78 is 2.20. The van der Waals surface area contributed by atoms with E-state index in [1.54, 1.807) is 0 Å². The highest BCUT2D eigenvalue weighted by Gasteiger charge is 2.07. The van der Waals surface area contributed by atoms with Gasteiger partial charge in [0.25, 0.3) is 0 Å². The monoisotopic (exact) mass is 337 g/mol. The fraction of sp³-hybridized carbons (Fsp3) is 0.154. The van der Waals surface area contributed by atoms with Gasteiger partial charge in [-0.25, -0.2) is 0 Å². The van der Waals surface area contributed by atoms with E-state index in [0.717, 1.165) is 10.0 Å². The molecule has 0 atom stereocenters. The van der Waals surface area contributed by atoms with E-state index in [1.807, 2.05) is 24.3 Å². The Bertz CT molecular complexity index is 622. The van der Waals surface area contributed by atoms with Crippen molar-refractivity contribution in [2.45, 2.75) is 13.0 Å². The maximum Gasteiger partial charge on any atom is 0.325 e. The second-order valence-corrected chi connectivity index (χ2v) is 5.09. The molecule has 1 amide bonds. The number of benzene rings is 1. The number of aromatic nitrogens is 2. The molecule has 0 saturated heterocycles. The van der Waals surface area contributed by atoms with Crippen LogP contribution in [0.2, 0.25) is 0 Å². The summed E-state index contributed by atoms with van der Waals surface area (Å²) >= 11 is 3.33. The van der Waals surface area contributed by atoms with Crippen LogP contribution >= 0.6 is 15.9 Å². The van der Waals surface area contributed by atoms with E-state index in [9.17, 15) is 9.59 Å². The molecule has 2 N–H and O–H groups in total. The highest BCUT2D eigenvalue weighted by molar-refractivity contribution is 9.10. The van der Waals surface area contributed by atoms with Crippen LogP contribution in [0.5, 0.6) is 0 Å². The summed E-state index contributed by atoms with van der Waals surface area (Å²) in [6.07, 6.45) is 3.15. The van der Waals surface area contributed by atoms with Crippen molar-refractivity contribution in [3.63, 3.8) is 0 Å². The van der Waals surface area contributed by atoms with Crippen LogP contribution < -0.4 is 5.32 Å². The first-order valence-corrected chi connectivity index (χ1v) is 6.61. The Morgan fingerprint density at radius 3 is 2.65 bits per heavy atom. The molecule has 1 heterocycles. The van der Waals surface area contributed by atoms with Gasteiger partial charge in [-0.2, -0.15) is 5.10 Å². The molecule has 0 saturated carbocycles. The second-order valence-electron chi connectivity index (χ2n) is 4.17. The summed E-state index contributed by atoms with van der Waals surface area (Å²) in [5.74, 6) is -1.16. The number of carboxylic acids is 1. The van der Waals surface area contributed by atoms with Gasteiger partial charge in [0.2, 0.25) is 5.91 Å². The summed E-state index contributed by atoms with van der Waals surface area (Å²) in [5.41, 5.74) is 1.37. The maximum atomic E-state index is 11.8. The first kappa shape index (κ1) is 14.3. The topological polar surface area (TPSA) is 84.2 Å². The van der Waals surface area contributed by atoms with Crippen molar-refractivity contribution in [3.8, 4) is 0 Å². The zero-order valence-electron chi connectivity index (χ0n) is 10.4. The number of amides is 1. The molecule has 1 aromatic heterocycles. The number of anilines is 1. The summed E-state index contributed by atoms with van der Waals surface area (Å²) in [7, 11) is 0. The third-order valence-electron chi connectivity index (χ3n) is 2.49. The number of aliphatic carboxylic acids is 1. The quantitative estimate of drug-likeness (QED) is 0.872. The average molecular weight is 338 g/mol. The van der Waals surface area contributed by atoms with Crippen molar-refractivity contribution < 1.29 is 14.7 Å². The van der Waals surface area contributed by atoms with Crippen LogP contribution in [-0.4, -0.2) is 26.8 Å². The number of nitrogens with zero attached hydrogens (tertiary/aromatic N) is 2. The Kier molecular flexibility index (Phi) is 4.52. The zero-order valence-corrected chi connectivity index (χ0v) is 12.0. The van der Waals surface area contributed by atoms with Crippen LogP contribution in [-0.2, 0) is 22.6 Å². The van der Waals surface area contributed by atoms with Crippen molar-refractivity contribution in [1.29, 1.82) is 0 Å². The highest BCUT2D eigenvalue weighted by Crippen LogP contribution is 2.12. The molecule has 0 aliphatic rings. The molecule has 1 aromatic carbocycles. The standard InChI is InChI=1S/C13H12BrN3O3/c14-10-3-1-9(2-4-10)5-12(18)16-11-6-15-17(7-11)8-13(19)20/h1-4,6-7H,5,8H2,(H,16,18)(H,19,20). The minimum absolute atomic E-state index is 0.179. The van der Waals surface area contributed by atoms with Crippen LogP contribution in [0.25, 0.3) is 0 Å². The normalized spacial score (nSPS) is 10.2. The van der Waals surface area contributed by atoms with E-state index in [-0.39, 0.29) is 18.9 Å². The number of carbonyl (C=O) groups excluding carboxylic acids is 1. The SMILES string of the molecule is O=C(O)Cn1cc(NC(=O)Cc2ccc(Br)cc2)cn1. The fourth-order valence-corrected chi connectivity index (χ4v) is 1.91. The van der Waals surface area contributed by atoms with Gasteiger partial charge in [-0.05, 0) is 17.7 Å². The third-order valence-corrected chi connectivity index (χ3v) is 3.02. The molecule has 6 nitrogen and oxygen atoms in total. The summed E-state index contributed by atoms with van der Waals surface area (Å²) in [6, 6.07) is 7.45. The lowest BCUT2D eigenvalue weighted by molar-refractivity contribution is -0.137. The molecule has 0 unspecified atom stereocenters. The maximum absolute atomic E-state index is 11.8. The van der Waals surface area contributed by atoms with E-state index in [0.29, 0.717) is 5.69 Å². The van der Waals surface area contributed by atoms with Gasteiger partial charge in [0.1, 0.15) is 6.54 Å². The second kappa shape index (κ2) is 6.33. The van der Waals surface area contributed by atoms with Crippen molar-refractivity contribution in [1.82, 2.24) is 9.78 Å². The minimum Gasteiger partial charge on any atom is -0.480 e. The Morgan fingerprint density at radius 2 is 2.00 bits per heavy atom. The van der Waals surface area contributed by atoms with Gasteiger partial charge in [0, 0.05) is 10.7 Å². The summed E-state index contributed by atoms with van der Waals surface area (Å²) in [5, 5.41) is 15.1. The Morgan fingerprint density at radius 1 is 1.30 bits per heavy atom. The largest absolute Gasteiger partial charge is 0.480 e. The van der Waals surface area contributed by atoms with Gasteiger partial charge in [0.05, 0.1) is 18.3 Å². The van der Waals surface area contributed by atoms with Gasteiger partial charge in [-0.3, -0.25) is 14.3 Å². The molecule has 2 aromatic rings. The average Bonchev–Trinajstić information content (AvgIpc) is 2.78. The van der Waals surface area contributed by atoms with Crippen LogP contribution in [0.15, 0.2) is 41.1 Å². The molecule has 0 bridgehead atoms. The number of hydrogen-bond acceptors (Lipinski definition) is 3. The predicted octanol–water partition coefficient (Wildman–Crippen LogP) is 1.91. The van der Waals surface area contributed by atoms with Crippen molar-refractivity contribution in [2.24, 2.45) is 0 Å². The van der Waals surface area contributed by atoms with Crippen LogP contribution in [0.4, 0.5) is 5.69 Å². The first-order valence-electron chi connectivity index (χ1n) is 5.81. The lowest BCUT2D eigenvalue weighted by Crippen LogP contribution is -2.14. The highest BCUT2D eigenvalue weighted by atomic mass is 79.9.